The average molecular weight is 241 g/mol. The second-order valence-electron chi connectivity index (χ2n) is 5.18. The number of allylic oxidation sites excluding steroid dienone is 1. The lowest BCUT2D eigenvalue weighted by molar-refractivity contribution is -0.158. The Labute approximate surface area is 101 Å². The van der Waals surface area contributed by atoms with E-state index in [-0.39, 0.29) is 24.5 Å². The van der Waals surface area contributed by atoms with Crippen LogP contribution in [0.25, 0.3) is 0 Å². The highest BCUT2D eigenvalue weighted by Crippen LogP contribution is 2.15. The number of hydrogen-bond donors (Lipinski definition) is 1. The Bertz CT molecular complexity index is 330. The number of carbonyl (C=O) groups excluding carboxylic acids is 1. The molecule has 0 radical (unpaired) electrons. The minimum atomic E-state index is -1.03. The maximum atomic E-state index is 11.8. The zero-order valence-electron chi connectivity index (χ0n) is 10.5. The van der Waals surface area contributed by atoms with Crippen LogP contribution in [0.5, 0.6) is 0 Å². The molecule has 1 aliphatic rings. The van der Waals surface area contributed by atoms with E-state index in [2.05, 4.69) is 0 Å². The van der Waals surface area contributed by atoms with Crippen LogP contribution in [0.1, 0.15) is 20.8 Å². The zero-order valence-corrected chi connectivity index (χ0v) is 10.5. The summed E-state index contributed by atoms with van der Waals surface area (Å²) < 4.78 is 5.05. The molecule has 5 heteroatoms. The number of amides is 1. The first kappa shape index (κ1) is 13.7. The Morgan fingerprint density at radius 2 is 2.06 bits per heavy atom. The molecule has 1 unspecified atom stereocenters. The number of aliphatic carboxylic acids is 1. The van der Waals surface area contributed by atoms with Crippen molar-refractivity contribution in [3.05, 3.63) is 12.2 Å². The van der Waals surface area contributed by atoms with Gasteiger partial charge in [0.05, 0.1) is 13.2 Å². The molecule has 0 aromatic heterocycles. The van der Waals surface area contributed by atoms with Crippen molar-refractivity contribution >= 4 is 11.9 Å². The predicted octanol–water partition coefficient (Wildman–Crippen LogP) is 0.901. The maximum absolute atomic E-state index is 11.8. The number of rotatable bonds is 2. The highest BCUT2D eigenvalue weighted by Gasteiger charge is 2.28. The fraction of sp³-hybridized carbons (Fsp3) is 0.667. The topological polar surface area (TPSA) is 66.8 Å². The van der Waals surface area contributed by atoms with Crippen LogP contribution in [0, 0.1) is 5.41 Å². The number of hydrogen-bond acceptors (Lipinski definition) is 3. The van der Waals surface area contributed by atoms with Gasteiger partial charge in [0.1, 0.15) is 0 Å². The molecule has 1 rings (SSSR count). The van der Waals surface area contributed by atoms with Crippen molar-refractivity contribution < 1.29 is 19.4 Å². The molecule has 0 bridgehead atoms. The van der Waals surface area contributed by atoms with Gasteiger partial charge in [-0.1, -0.05) is 26.8 Å². The first-order chi connectivity index (χ1) is 7.79. The van der Waals surface area contributed by atoms with E-state index in [0.29, 0.717) is 6.54 Å². The molecule has 17 heavy (non-hydrogen) atoms. The van der Waals surface area contributed by atoms with Crippen molar-refractivity contribution in [1.82, 2.24) is 4.90 Å². The summed E-state index contributed by atoms with van der Waals surface area (Å²) in [5.41, 5.74) is -0.0614. The number of morpholine rings is 1. The summed E-state index contributed by atoms with van der Waals surface area (Å²) in [7, 11) is 0. The molecule has 1 atom stereocenters. The smallest absolute Gasteiger partial charge is 0.334 e. The van der Waals surface area contributed by atoms with Gasteiger partial charge in [-0.2, -0.15) is 0 Å². The average Bonchev–Trinajstić information content (AvgIpc) is 2.25. The maximum Gasteiger partial charge on any atom is 0.334 e. The Morgan fingerprint density at radius 3 is 2.59 bits per heavy atom. The van der Waals surface area contributed by atoms with E-state index in [4.69, 9.17) is 9.84 Å². The Balaban J connectivity index is 2.58. The molecule has 5 nitrogen and oxygen atoms in total. The van der Waals surface area contributed by atoms with Crippen molar-refractivity contribution in [1.29, 1.82) is 0 Å². The quantitative estimate of drug-likeness (QED) is 0.729. The number of carboxylic acids is 1. The van der Waals surface area contributed by atoms with Gasteiger partial charge < -0.3 is 14.7 Å². The Kier molecular flexibility index (Phi) is 4.28. The molecule has 1 aliphatic heterocycles. The molecule has 1 saturated heterocycles. The van der Waals surface area contributed by atoms with E-state index >= 15 is 0 Å². The van der Waals surface area contributed by atoms with Crippen LogP contribution < -0.4 is 0 Å². The van der Waals surface area contributed by atoms with Crippen LogP contribution in [0.3, 0.4) is 0 Å². The van der Waals surface area contributed by atoms with E-state index in [0.717, 1.165) is 0 Å². The number of carboxylic acid groups (broad SMARTS) is 1. The normalized spacial score (nSPS) is 21.8. The second kappa shape index (κ2) is 5.31. The first-order valence-corrected chi connectivity index (χ1v) is 5.62. The zero-order chi connectivity index (χ0) is 13.1. The van der Waals surface area contributed by atoms with Gasteiger partial charge in [-0.25, -0.2) is 4.79 Å². The summed E-state index contributed by atoms with van der Waals surface area (Å²) in [6.07, 6.45) is 2.42. The fourth-order valence-electron chi connectivity index (χ4n) is 1.43. The highest BCUT2D eigenvalue weighted by molar-refractivity contribution is 5.88. The van der Waals surface area contributed by atoms with Crippen LogP contribution >= 0.6 is 0 Å². The summed E-state index contributed by atoms with van der Waals surface area (Å²) in [6.45, 7) is 6.81. The Morgan fingerprint density at radius 1 is 1.41 bits per heavy atom. The minimum absolute atomic E-state index is 0.0614. The molecule has 0 aromatic rings. The van der Waals surface area contributed by atoms with Gasteiger partial charge in [0.2, 0.25) is 5.91 Å². The number of nitrogens with zero attached hydrogens (tertiary/aromatic N) is 1. The van der Waals surface area contributed by atoms with Crippen LogP contribution in [-0.2, 0) is 14.3 Å². The molecule has 1 amide bonds. The molecule has 1 N–H and O–H groups in total. The van der Waals surface area contributed by atoms with Crippen LogP contribution in [-0.4, -0.2) is 47.7 Å². The van der Waals surface area contributed by atoms with Gasteiger partial charge in [-0.3, -0.25) is 4.79 Å². The molecule has 96 valence electrons. The van der Waals surface area contributed by atoms with Crippen LogP contribution in [0.15, 0.2) is 12.2 Å². The third kappa shape index (κ3) is 4.56. The summed E-state index contributed by atoms with van der Waals surface area (Å²) in [6, 6.07) is 0. The van der Waals surface area contributed by atoms with Crippen molar-refractivity contribution in [3.63, 3.8) is 0 Å². The van der Waals surface area contributed by atoms with E-state index in [1.54, 1.807) is 0 Å². The summed E-state index contributed by atoms with van der Waals surface area (Å²) in [5.74, 6) is -1.18. The lowest BCUT2D eigenvalue weighted by atomic mass is 9.96. The largest absolute Gasteiger partial charge is 0.479 e. The van der Waals surface area contributed by atoms with Gasteiger partial charge >= 0.3 is 5.97 Å². The summed E-state index contributed by atoms with van der Waals surface area (Å²) in [5, 5.41) is 8.82. The molecule has 0 aliphatic carbocycles. The Hall–Kier alpha value is -1.36. The van der Waals surface area contributed by atoms with Crippen molar-refractivity contribution in [3.8, 4) is 0 Å². The SMILES string of the molecule is CC(C)(C)/C=C/C(=O)N1CCOC(C(=O)O)C1. The number of carbonyl (C=O) groups is 2. The van der Waals surface area contributed by atoms with Crippen LogP contribution in [0.4, 0.5) is 0 Å². The molecule has 0 spiro atoms. The molecule has 1 fully saturated rings. The van der Waals surface area contributed by atoms with Crippen molar-refractivity contribution in [2.24, 2.45) is 5.41 Å². The third-order valence-corrected chi connectivity index (χ3v) is 2.38. The predicted molar refractivity (Wildman–Crippen MR) is 62.6 cm³/mol. The van der Waals surface area contributed by atoms with E-state index in [9.17, 15) is 9.59 Å². The summed E-state index contributed by atoms with van der Waals surface area (Å²) in [4.78, 5) is 24.1. The van der Waals surface area contributed by atoms with Crippen LogP contribution in [0.2, 0.25) is 0 Å². The van der Waals surface area contributed by atoms with E-state index in [1.807, 2.05) is 26.8 Å². The fourth-order valence-corrected chi connectivity index (χ4v) is 1.43. The van der Waals surface area contributed by atoms with Gasteiger partial charge in [0.25, 0.3) is 0 Å². The molecule has 0 aromatic carbocycles. The molecule has 1 heterocycles. The lowest BCUT2D eigenvalue weighted by Gasteiger charge is -2.30. The standard InChI is InChI=1S/C12H19NO4/c1-12(2,3)5-4-10(14)13-6-7-17-9(8-13)11(15)16/h4-5,9H,6-8H2,1-3H3,(H,15,16)/b5-4+. The minimum Gasteiger partial charge on any atom is -0.479 e. The van der Waals surface area contributed by atoms with Crippen molar-refractivity contribution in [2.45, 2.75) is 26.9 Å². The molecular weight excluding hydrogens is 222 g/mol. The van der Waals surface area contributed by atoms with E-state index < -0.39 is 12.1 Å². The third-order valence-electron chi connectivity index (χ3n) is 2.38. The van der Waals surface area contributed by atoms with Gasteiger partial charge in [-0.05, 0) is 11.5 Å². The highest BCUT2D eigenvalue weighted by atomic mass is 16.5. The summed E-state index contributed by atoms with van der Waals surface area (Å²) >= 11 is 0. The monoisotopic (exact) mass is 241 g/mol. The second-order valence-corrected chi connectivity index (χ2v) is 5.18. The number of ether oxygens (including phenoxy) is 1. The first-order valence-electron chi connectivity index (χ1n) is 5.62. The van der Waals surface area contributed by atoms with E-state index in [1.165, 1.54) is 11.0 Å². The van der Waals surface area contributed by atoms with Gasteiger partial charge in [0, 0.05) is 6.54 Å². The lowest BCUT2D eigenvalue weighted by Crippen LogP contribution is -2.48. The molecule has 0 saturated carbocycles. The molecular formula is C12H19NO4. The van der Waals surface area contributed by atoms with Gasteiger partial charge in [-0.15, -0.1) is 0 Å². The van der Waals surface area contributed by atoms with Gasteiger partial charge in [0.15, 0.2) is 6.10 Å². The van der Waals surface area contributed by atoms with Crippen molar-refractivity contribution in [2.75, 3.05) is 19.7 Å².